The topological polar surface area (TPSA) is 20.2 Å². The Morgan fingerprint density at radius 3 is 2.56 bits per heavy atom. The van der Waals surface area contributed by atoms with Crippen LogP contribution in [-0.4, -0.2) is 5.11 Å². The fraction of sp³-hybridized carbons (Fsp3) is 0.143. The molecule has 0 aliphatic rings. The highest BCUT2D eigenvalue weighted by Gasteiger charge is 1.85. The van der Waals surface area contributed by atoms with Crippen LogP contribution in [0.25, 0.3) is 0 Å². The highest BCUT2D eigenvalue weighted by atomic mass is 19.1. The Morgan fingerprint density at radius 1 is 1.67 bits per heavy atom. The number of aliphatic hydroxyl groups excluding tert-OH is 1. The van der Waals surface area contributed by atoms with Gasteiger partial charge in [-0.05, 0) is 13.0 Å². The molecular formula is C7H9FO. The van der Waals surface area contributed by atoms with Crippen LogP contribution in [0.4, 0.5) is 4.39 Å². The second-order valence-corrected chi connectivity index (χ2v) is 1.57. The largest absolute Gasteiger partial charge is 0.513 e. The van der Waals surface area contributed by atoms with Crippen molar-refractivity contribution >= 4 is 0 Å². The number of aliphatic hydroxyl groups is 1. The van der Waals surface area contributed by atoms with E-state index in [9.17, 15) is 4.39 Å². The quantitative estimate of drug-likeness (QED) is 0.447. The molecule has 0 atom stereocenters. The lowest BCUT2D eigenvalue weighted by Gasteiger charge is -1.84. The SMILES string of the molecule is C=C/C=C(F)\C=C(/C)O. The number of rotatable bonds is 2. The van der Waals surface area contributed by atoms with E-state index in [1.165, 1.54) is 19.1 Å². The van der Waals surface area contributed by atoms with Gasteiger partial charge >= 0.3 is 0 Å². The molecule has 0 aromatic rings. The minimum Gasteiger partial charge on any atom is -0.513 e. The van der Waals surface area contributed by atoms with E-state index in [1.807, 2.05) is 0 Å². The molecule has 0 bridgehead atoms. The van der Waals surface area contributed by atoms with E-state index in [-0.39, 0.29) is 5.76 Å². The minimum atomic E-state index is -0.495. The second kappa shape index (κ2) is 3.89. The van der Waals surface area contributed by atoms with Crippen molar-refractivity contribution in [3.8, 4) is 0 Å². The van der Waals surface area contributed by atoms with Crippen LogP contribution >= 0.6 is 0 Å². The first kappa shape index (κ1) is 7.95. The summed E-state index contributed by atoms with van der Waals surface area (Å²) in [6.07, 6.45) is 3.50. The minimum absolute atomic E-state index is 0.0504. The summed E-state index contributed by atoms with van der Waals surface area (Å²) in [5.74, 6) is -0.546. The zero-order valence-corrected chi connectivity index (χ0v) is 5.26. The smallest absolute Gasteiger partial charge is 0.126 e. The standard InChI is InChI=1S/C7H9FO/c1-3-4-7(8)5-6(2)9/h3-5,9H,1H2,2H3/b6-5+,7-4+. The van der Waals surface area contributed by atoms with Gasteiger partial charge in [0, 0.05) is 6.08 Å². The van der Waals surface area contributed by atoms with Crippen LogP contribution in [-0.2, 0) is 0 Å². The van der Waals surface area contributed by atoms with Crippen LogP contribution in [0.2, 0.25) is 0 Å². The first-order valence-electron chi connectivity index (χ1n) is 2.52. The molecule has 0 saturated carbocycles. The van der Waals surface area contributed by atoms with Crippen LogP contribution in [0.5, 0.6) is 0 Å². The number of hydrogen-bond acceptors (Lipinski definition) is 1. The van der Waals surface area contributed by atoms with E-state index in [0.29, 0.717) is 0 Å². The highest BCUT2D eigenvalue weighted by molar-refractivity contribution is 5.17. The van der Waals surface area contributed by atoms with E-state index >= 15 is 0 Å². The van der Waals surface area contributed by atoms with Gasteiger partial charge in [0.25, 0.3) is 0 Å². The van der Waals surface area contributed by atoms with E-state index in [2.05, 4.69) is 6.58 Å². The molecule has 50 valence electrons. The van der Waals surface area contributed by atoms with Crippen LogP contribution in [0, 0.1) is 0 Å². The van der Waals surface area contributed by atoms with Crippen molar-refractivity contribution in [2.75, 3.05) is 0 Å². The summed E-state index contributed by atoms with van der Waals surface area (Å²) in [4.78, 5) is 0. The molecule has 0 amide bonds. The van der Waals surface area contributed by atoms with Crippen molar-refractivity contribution in [2.45, 2.75) is 6.92 Å². The molecule has 0 fully saturated rings. The third-order valence-corrected chi connectivity index (χ3v) is 0.624. The average molecular weight is 128 g/mol. The highest BCUT2D eigenvalue weighted by Crippen LogP contribution is 2.00. The van der Waals surface area contributed by atoms with Gasteiger partial charge in [0.1, 0.15) is 5.83 Å². The maximum absolute atomic E-state index is 12.2. The summed E-state index contributed by atoms with van der Waals surface area (Å²) in [7, 11) is 0. The molecule has 0 rings (SSSR count). The molecule has 9 heavy (non-hydrogen) atoms. The van der Waals surface area contributed by atoms with Gasteiger partial charge in [0.15, 0.2) is 0 Å². The summed E-state index contributed by atoms with van der Waals surface area (Å²) in [6, 6.07) is 0. The van der Waals surface area contributed by atoms with Gasteiger partial charge in [-0.2, -0.15) is 0 Å². The molecular weight excluding hydrogens is 119 g/mol. The van der Waals surface area contributed by atoms with Crippen molar-refractivity contribution in [3.63, 3.8) is 0 Å². The molecule has 1 nitrogen and oxygen atoms in total. The third-order valence-electron chi connectivity index (χ3n) is 0.624. The van der Waals surface area contributed by atoms with Gasteiger partial charge in [-0.1, -0.05) is 12.7 Å². The zero-order valence-electron chi connectivity index (χ0n) is 5.26. The molecule has 2 heteroatoms. The molecule has 1 N–H and O–H groups in total. The van der Waals surface area contributed by atoms with Crippen molar-refractivity contribution in [1.29, 1.82) is 0 Å². The van der Waals surface area contributed by atoms with Gasteiger partial charge in [0.2, 0.25) is 0 Å². The Morgan fingerprint density at radius 2 is 2.22 bits per heavy atom. The molecule has 0 spiro atoms. The third kappa shape index (κ3) is 4.81. The Bertz CT molecular complexity index is 152. The van der Waals surface area contributed by atoms with Gasteiger partial charge in [-0.3, -0.25) is 0 Å². The predicted octanol–water partition coefficient (Wildman–Crippen LogP) is 2.49. The van der Waals surface area contributed by atoms with Crippen LogP contribution in [0.3, 0.4) is 0 Å². The van der Waals surface area contributed by atoms with Gasteiger partial charge in [-0.15, -0.1) is 0 Å². The van der Waals surface area contributed by atoms with Gasteiger partial charge < -0.3 is 5.11 Å². The van der Waals surface area contributed by atoms with E-state index in [4.69, 9.17) is 5.11 Å². The van der Waals surface area contributed by atoms with Crippen molar-refractivity contribution in [2.24, 2.45) is 0 Å². The monoisotopic (exact) mass is 128 g/mol. The van der Waals surface area contributed by atoms with Crippen LogP contribution in [0.15, 0.2) is 36.4 Å². The second-order valence-electron chi connectivity index (χ2n) is 1.57. The Balaban J connectivity index is 4.05. The molecule has 0 radical (unpaired) electrons. The van der Waals surface area contributed by atoms with Crippen molar-refractivity contribution in [3.05, 3.63) is 36.4 Å². The van der Waals surface area contributed by atoms with Gasteiger partial charge in [-0.25, -0.2) is 4.39 Å². The van der Waals surface area contributed by atoms with Crippen LogP contribution < -0.4 is 0 Å². The molecule has 0 heterocycles. The first-order chi connectivity index (χ1) is 4.16. The van der Waals surface area contributed by atoms with Crippen molar-refractivity contribution in [1.82, 2.24) is 0 Å². The zero-order chi connectivity index (χ0) is 7.28. The number of allylic oxidation sites excluding steroid dienone is 5. The van der Waals surface area contributed by atoms with E-state index < -0.39 is 5.83 Å². The average Bonchev–Trinajstić information content (AvgIpc) is 1.63. The van der Waals surface area contributed by atoms with Crippen molar-refractivity contribution < 1.29 is 9.50 Å². The first-order valence-corrected chi connectivity index (χ1v) is 2.52. The Labute approximate surface area is 53.8 Å². The molecule has 0 aliphatic carbocycles. The molecule has 0 saturated heterocycles. The summed E-state index contributed by atoms with van der Waals surface area (Å²) in [5, 5.41) is 8.50. The summed E-state index contributed by atoms with van der Waals surface area (Å²) in [5.41, 5.74) is 0. The molecule has 0 aromatic carbocycles. The maximum Gasteiger partial charge on any atom is 0.126 e. The lowest BCUT2D eigenvalue weighted by Crippen LogP contribution is -1.70. The molecule has 0 aliphatic heterocycles. The number of halogens is 1. The van der Waals surface area contributed by atoms with Crippen LogP contribution in [0.1, 0.15) is 6.92 Å². The summed E-state index contributed by atoms with van der Waals surface area (Å²) in [6.45, 7) is 4.68. The number of hydrogen-bond donors (Lipinski definition) is 1. The molecule has 0 aromatic heterocycles. The predicted molar refractivity (Wildman–Crippen MR) is 35.8 cm³/mol. The molecule has 0 unspecified atom stereocenters. The normalized spacial score (nSPS) is 13.6. The summed E-state index contributed by atoms with van der Waals surface area (Å²) >= 11 is 0. The van der Waals surface area contributed by atoms with Gasteiger partial charge in [0.05, 0.1) is 5.76 Å². The Kier molecular flexibility index (Phi) is 3.44. The maximum atomic E-state index is 12.2. The van der Waals surface area contributed by atoms with E-state index in [1.54, 1.807) is 0 Å². The fourth-order valence-electron chi connectivity index (χ4n) is 0.360. The fourth-order valence-corrected chi connectivity index (χ4v) is 0.360. The lowest BCUT2D eigenvalue weighted by molar-refractivity contribution is 0.411. The summed E-state index contributed by atoms with van der Waals surface area (Å²) < 4.78 is 12.2. The Hall–Kier alpha value is -1.05. The lowest BCUT2D eigenvalue weighted by atomic mass is 10.4. The van der Waals surface area contributed by atoms with E-state index in [0.717, 1.165) is 6.08 Å².